The quantitative estimate of drug-likeness (QED) is 0.367. The first-order valence-electron chi connectivity index (χ1n) is 16.9. The van der Waals surface area contributed by atoms with Crippen LogP contribution >= 0.6 is 11.6 Å². The zero-order chi connectivity index (χ0) is 34.0. The van der Waals surface area contributed by atoms with Gasteiger partial charge in [-0.3, -0.25) is 14.5 Å². The molecule has 3 fully saturated rings. The van der Waals surface area contributed by atoms with Crippen molar-refractivity contribution in [3.8, 4) is 5.75 Å². The molecule has 0 bridgehead atoms. The molecule has 3 saturated heterocycles. The standard InChI is InChI=1S/C34H42ClF3N6O4/c35-28-19-22(18-27(31(28)46)34(36,37)38)17-25(32(47)42-13-6-24(7-14-42)23-4-10-39-11-5-23)20-30(45)41-15-8-26(9-16-41)44-21-43-12-2-1-3-29(43)40-33(44)48/h1-3,12,18-19,23-26,39,46H,4-11,13-17,20-21H2/p+1/t25-/m0/s1. The average molecular weight is 692 g/mol. The van der Waals surface area contributed by atoms with Crippen molar-refractivity contribution >= 4 is 35.3 Å². The second-order valence-corrected chi connectivity index (χ2v) is 13.9. The van der Waals surface area contributed by atoms with E-state index in [4.69, 9.17) is 11.6 Å². The molecule has 0 aliphatic carbocycles. The number of pyridine rings is 1. The number of phenolic OH excluding ortho intramolecular Hbond substituents is 1. The number of rotatable bonds is 7. The van der Waals surface area contributed by atoms with Gasteiger partial charge in [-0.25, -0.2) is 9.36 Å². The number of fused-ring (bicyclic) bond motifs is 1. The fourth-order valence-corrected chi connectivity index (χ4v) is 8.10. The second-order valence-electron chi connectivity index (χ2n) is 13.5. The number of carbonyl (C=O) groups excluding carboxylic acids is 3. The van der Waals surface area contributed by atoms with Crippen LogP contribution in [-0.2, 0) is 28.9 Å². The van der Waals surface area contributed by atoms with Crippen LogP contribution in [0.1, 0.15) is 56.1 Å². The minimum absolute atomic E-state index is 0.0755. The van der Waals surface area contributed by atoms with Gasteiger partial charge in [0, 0.05) is 44.7 Å². The molecule has 1 atom stereocenters. The lowest BCUT2D eigenvalue weighted by Gasteiger charge is -2.40. The van der Waals surface area contributed by atoms with Gasteiger partial charge in [0.25, 0.3) is 5.82 Å². The fourth-order valence-electron chi connectivity index (χ4n) is 7.86. The number of alkyl halides is 3. The molecule has 4 aliphatic rings. The Balaban J connectivity index is 1.13. The molecule has 0 unspecified atom stereocenters. The zero-order valence-electron chi connectivity index (χ0n) is 26.9. The minimum atomic E-state index is -4.84. The largest absolute Gasteiger partial charge is 0.506 e. The van der Waals surface area contributed by atoms with E-state index in [0.29, 0.717) is 57.5 Å². The van der Waals surface area contributed by atoms with Gasteiger partial charge < -0.3 is 20.2 Å². The van der Waals surface area contributed by atoms with Gasteiger partial charge in [0.15, 0.2) is 6.67 Å². The number of amides is 4. The van der Waals surface area contributed by atoms with Crippen LogP contribution in [0.15, 0.2) is 36.5 Å². The Kier molecular flexibility index (Phi) is 10.4. The molecule has 4 aliphatic heterocycles. The number of urea groups is 1. The van der Waals surface area contributed by atoms with Crippen LogP contribution < -0.4 is 15.2 Å². The van der Waals surface area contributed by atoms with Crippen molar-refractivity contribution in [3.63, 3.8) is 0 Å². The third kappa shape index (κ3) is 7.67. The number of aromatic hydroxyl groups is 1. The van der Waals surface area contributed by atoms with Crippen LogP contribution in [0.25, 0.3) is 0 Å². The molecule has 2 aromatic rings. The summed E-state index contributed by atoms with van der Waals surface area (Å²) < 4.78 is 43.1. The summed E-state index contributed by atoms with van der Waals surface area (Å²) in [4.78, 5) is 45.8. The zero-order valence-corrected chi connectivity index (χ0v) is 27.6. The third-order valence-electron chi connectivity index (χ3n) is 10.6. The van der Waals surface area contributed by atoms with Crippen molar-refractivity contribution in [1.82, 2.24) is 20.0 Å². The number of nitrogens with one attached hydrogen (secondary N) is 2. The van der Waals surface area contributed by atoms with E-state index in [9.17, 15) is 32.7 Å². The Morgan fingerprint density at radius 2 is 1.65 bits per heavy atom. The first-order chi connectivity index (χ1) is 23.0. The highest BCUT2D eigenvalue weighted by molar-refractivity contribution is 6.32. The number of halogens is 4. The predicted octanol–water partition coefficient (Wildman–Crippen LogP) is 4.64. The summed E-state index contributed by atoms with van der Waals surface area (Å²) in [6.07, 6.45) is 1.85. The molecule has 0 saturated carbocycles. The summed E-state index contributed by atoms with van der Waals surface area (Å²) >= 11 is 6.01. The molecule has 4 amide bonds. The van der Waals surface area contributed by atoms with Gasteiger partial charge in [-0.15, -0.1) is 0 Å². The SMILES string of the molecule is O=C(C[C@H](Cc1cc(Cl)c(O)c(C(F)(F)F)c1)C(=O)N1CCC(C2CCNCC2)CC1)N1CCC(N2C[n+]3ccccc3NC2=O)CC1. The molecule has 260 valence electrons. The van der Waals surface area contributed by atoms with E-state index in [1.807, 2.05) is 29.0 Å². The van der Waals surface area contributed by atoms with Gasteiger partial charge >= 0.3 is 12.2 Å². The Bertz CT molecular complexity index is 1500. The van der Waals surface area contributed by atoms with Crippen molar-refractivity contribution in [2.24, 2.45) is 17.8 Å². The minimum Gasteiger partial charge on any atom is -0.506 e. The molecule has 14 heteroatoms. The number of anilines is 1. The number of aromatic nitrogens is 1. The van der Waals surface area contributed by atoms with E-state index in [2.05, 4.69) is 10.6 Å². The number of hydrogen-bond acceptors (Lipinski definition) is 5. The highest BCUT2D eigenvalue weighted by atomic mass is 35.5. The molecular weight excluding hydrogens is 649 g/mol. The molecule has 0 radical (unpaired) electrons. The van der Waals surface area contributed by atoms with E-state index in [1.54, 1.807) is 14.7 Å². The smallest absolute Gasteiger partial charge is 0.420 e. The summed E-state index contributed by atoms with van der Waals surface area (Å²) in [5.74, 6) is -0.591. The van der Waals surface area contributed by atoms with Gasteiger partial charge in [0.2, 0.25) is 11.8 Å². The van der Waals surface area contributed by atoms with Gasteiger partial charge in [0.1, 0.15) is 5.75 Å². The number of benzene rings is 1. The van der Waals surface area contributed by atoms with Crippen molar-refractivity contribution in [2.75, 3.05) is 44.6 Å². The van der Waals surface area contributed by atoms with Crippen LogP contribution in [0, 0.1) is 17.8 Å². The Hall–Kier alpha value is -3.58. The van der Waals surface area contributed by atoms with E-state index in [1.165, 1.54) is 6.07 Å². The summed E-state index contributed by atoms with van der Waals surface area (Å²) in [5, 5.41) is 15.9. The maximum atomic E-state index is 14.0. The molecular formula is C34H43ClF3N6O4+. The van der Waals surface area contributed by atoms with Crippen molar-refractivity contribution in [1.29, 1.82) is 0 Å². The lowest BCUT2D eigenvalue weighted by molar-refractivity contribution is -0.703. The number of likely N-dealkylation sites (tertiary alicyclic amines) is 2. The maximum Gasteiger partial charge on any atom is 0.420 e. The van der Waals surface area contributed by atoms with Crippen LogP contribution in [0.5, 0.6) is 5.75 Å². The number of piperidine rings is 3. The number of hydrogen-bond donors (Lipinski definition) is 3. The molecule has 0 spiro atoms. The molecule has 48 heavy (non-hydrogen) atoms. The summed E-state index contributed by atoms with van der Waals surface area (Å²) in [7, 11) is 0. The molecule has 5 heterocycles. The van der Waals surface area contributed by atoms with E-state index in [-0.39, 0.29) is 42.3 Å². The lowest BCUT2D eigenvalue weighted by atomic mass is 9.79. The topological polar surface area (TPSA) is 109 Å². The number of phenols is 1. The monoisotopic (exact) mass is 691 g/mol. The normalized spacial score (nSPS) is 20.8. The first-order valence-corrected chi connectivity index (χ1v) is 17.3. The molecule has 3 N–H and O–H groups in total. The fraction of sp³-hybridized carbons (Fsp3) is 0.588. The van der Waals surface area contributed by atoms with Crippen molar-refractivity contribution in [3.05, 3.63) is 52.7 Å². The highest BCUT2D eigenvalue weighted by Gasteiger charge is 2.39. The lowest BCUT2D eigenvalue weighted by Crippen LogP contribution is -2.60. The van der Waals surface area contributed by atoms with Gasteiger partial charge in [0.05, 0.1) is 22.7 Å². The average Bonchev–Trinajstić information content (AvgIpc) is 3.09. The maximum absolute atomic E-state index is 14.0. The number of nitrogens with zero attached hydrogens (tertiary/aromatic N) is 4. The highest BCUT2D eigenvalue weighted by Crippen LogP contribution is 2.41. The van der Waals surface area contributed by atoms with Crippen molar-refractivity contribution in [2.45, 2.75) is 70.3 Å². The second kappa shape index (κ2) is 14.5. The third-order valence-corrected chi connectivity index (χ3v) is 10.9. The first kappa shape index (κ1) is 34.3. The molecule has 6 rings (SSSR count). The van der Waals surface area contributed by atoms with Gasteiger partial charge in [-0.05, 0) is 93.6 Å². The Morgan fingerprint density at radius 1 is 0.979 bits per heavy atom. The van der Waals surface area contributed by atoms with E-state index >= 15 is 0 Å². The predicted molar refractivity (Wildman–Crippen MR) is 172 cm³/mol. The summed E-state index contributed by atoms with van der Waals surface area (Å²) in [6, 6.07) is 7.38. The Labute approximate surface area is 283 Å². The van der Waals surface area contributed by atoms with E-state index in [0.717, 1.165) is 50.7 Å². The van der Waals surface area contributed by atoms with Crippen LogP contribution in [0.4, 0.5) is 23.8 Å². The van der Waals surface area contributed by atoms with Gasteiger partial charge in [-0.2, -0.15) is 18.5 Å². The van der Waals surface area contributed by atoms with Gasteiger partial charge in [-0.1, -0.05) is 17.7 Å². The summed E-state index contributed by atoms with van der Waals surface area (Å²) in [5.41, 5.74) is -1.14. The molecule has 10 nitrogen and oxygen atoms in total. The molecule has 1 aromatic carbocycles. The van der Waals surface area contributed by atoms with Crippen LogP contribution in [0.2, 0.25) is 5.02 Å². The summed E-state index contributed by atoms with van der Waals surface area (Å²) in [6.45, 7) is 4.29. The van der Waals surface area contributed by atoms with E-state index < -0.39 is 28.4 Å². The van der Waals surface area contributed by atoms with Crippen molar-refractivity contribution < 1.29 is 37.2 Å². The number of carbonyl (C=O) groups is 3. The molecule has 1 aromatic heterocycles. The van der Waals surface area contributed by atoms with Crippen LogP contribution in [-0.4, -0.2) is 83.0 Å². The van der Waals surface area contributed by atoms with Crippen LogP contribution in [0.3, 0.4) is 0 Å². The Morgan fingerprint density at radius 3 is 2.33 bits per heavy atom.